The van der Waals surface area contributed by atoms with Crippen molar-refractivity contribution in [2.75, 3.05) is 0 Å². The summed E-state index contributed by atoms with van der Waals surface area (Å²) in [6, 6.07) is 2.39. The van der Waals surface area contributed by atoms with Gasteiger partial charge in [-0.3, -0.25) is 0 Å². The first-order chi connectivity index (χ1) is 8.33. The van der Waals surface area contributed by atoms with Gasteiger partial charge in [0.15, 0.2) is 5.82 Å². The number of hydrogen-bond acceptors (Lipinski definition) is 5. The van der Waals surface area contributed by atoms with Crippen LogP contribution in [-0.2, 0) is 13.0 Å². The Morgan fingerprint density at radius 2 is 2.47 bits per heavy atom. The summed E-state index contributed by atoms with van der Waals surface area (Å²) < 4.78 is 10.4. The zero-order valence-corrected chi connectivity index (χ0v) is 9.77. The first-order valence-electron chi connectivity index (χ1n) is 5.92. The molecule has 0 fully saturated rings. The Hall–Kier alpha value is -1.62. The molecule has 3 rings (SSSR count). The van der Waals surface area contributed by atoms with Crippen LogP contribution in [0.25, 0.3) is 0 Å². The molecule has 90 valence electrons. The number of nitrogens with one attached hydrogen (secondary N) is 1. The molecule has 5 heteroatoms. The van der Waals surface area contributed by atoms with E-state index in [2.05, 4.69) is 15.5 Å². The number of nitrogens with zero attached hydrogens (tertiary/aromatic N) is 2. The van der Waals surface area contributed by atoms with Crippen LogP contribution in [0.3, 0.4) is 0 Å². The van der Waals surface area contributed by atoms with Gasteiger partial charge in [-0.15, -0.1) is 0 Å². The number of aromatic nitrogens is 2. The van der Waals surface area contributed by atoms with Crippen molar-refractivity contribution in [2.45, 2.75) is 38.8 Å². The third-order valence-corrected chi connectivity index (χ3v) is 3.13. The van der Waals surface area contributed by atoms with Gasteiger partial charge >= 0.3 is 0 Å². The molecule has 5 nitrogen and oxygen atoms in total. The van der Waals surface area contributed by atoms with Crippen LogP contribution >= 0.6 is 0 Å². The molecular weight excluding hydrogens is 218 g/mol. The van der Waals surface area contributed by atoms with Crippen LogP contribution in [0.15, 0.2) is 21.3 Å². The third kappa shape index (κ3) is 2.10. The zero-order chi connectivity index (χ0) is 11.7. The Bertz CT molecular complexity index is 503. The molecule has 2 aromatic heterocycles. The molecule has 0 radical (unpaired) electrons. The van der Waals surface area contributed by atoms with Crippen molar-refractivity contribution in [1.82, 2.24) is 15.5 Å². The van der Waals surface area contributed by atoms with Crippen LogP contribution < -0.4 is 5.32 Å². The predicted molar refractivity (Wildman–Crippen MR) is 60.3 cm³/mol. The number of rotatable bonds is 3. The van der Waals surface area contributed by atoms with E-state index in [4.69, 9.17) is 8.94 Å². The molecule has 17 heavy (non-hydrogen) atoms. The van der Waals surface area contributed by atoms with Gasteiger partial charge in [0.05, 0.1) is 12.8 Å². The minimum atomic E-state index is 0.344. The molecule has 1 aliphatic rings. The second-order valence-corrected chi connectivity index (χ2v) is 4.35. The molecule has 2 aromatic rings. The van der Waals surface area contributed by atoms with Crippen LogP contribution in [0.4, 0.5) is 0 Å². The highest BCUT2D eigenvalue weighted by atomic mass is 16.5. The number of aryl methyl sites for hydroxylation is 2. The van der Waals surface area contributed by atoms with Crippen molar-refractivity contribution in [3.63, 3.8) is 0 Å². The van der Waals surface area contributed by atoms with Crippen molar-refractivity contribution in [2.24, 2.45) is 0 Å². The SMILES string of the molecule is Cc1nc(CNC2CCCc3occc32)no1. The number of fused-ring (bicyclic) bond motifs is 1. The zero-order valence-electron chi connectivity index (χ0n) is 9.77. The van der Waals surface area contributed by atoms with Gasteiger partial charge in [0.25, 0.3) is 0 Å². The highest BCUT2D eigenvalue weighted by Crippen LogP contribution is 2.30. The third-order valence-electron chi connectivity index (χ3n) is 3.13. The predicted octanol–water partition coefficient (Wildman–Crippen LogP) is 2.14. The second kappa shape index (κ2) is 4.33. The quantitative estimate of drug-likeness (QED) is 0.879. The first kappa shape index (κ1) is 10.5. The molecule has 0 spiro atoms. The van der Waals surface area contributed by atoms with Gasteiger partial charge in [-0.05, 0) is 18.9 Å². The van der Waals surface area contributed by atoms with Crippen LogP contribution in [0.5, 0.6) is 0 Å². The van der Waals surface area contributed by atoms with Gasteiger partial charge in [0.2, 0.25) is 5.89 Å². The van der Waals surface area contributed by atoms with Gasteiger partial charge < -0.3 is 14.3 Å². The summed E-state index contributed by atoms with van der Waals surface area (Å²) >= 11 is 0. The minimum absolute atomic E-state index is 0.344. The van der Waals surface area contributed by atoms with Crippen LogP contribution in [-0.4, -0.2) is 10.1 Å². The summed E-state index contributed by atoms with van der Waals surface area (Å²) in [5.41, 5.74) is 1.27. The normalized spacial score (nSPS) is 19.2. The maximum absolute atomic E-state index is 5.45. The highest BCUT2D eigenvalue weighted by Gasteiger charge is 2.22. The molecule has 0 bridgehead atoms. The molecular formula is C12H15N3O2. The molecule has 0 aliphatic heterocycles. The van der Waals surface area contributed by atoms with E-state index in [1.165, 1.54) is 5.56 Å². The van der Waals surface area contributed by atoms with Crippen LogP contribution in [0, 0.1) is 6.92 Å². The summed E-state index contributed by atoms with van der Waals surface area (Å²) in [7, 11) is 0. The second-order valence-electron chi connectivity index (χ2n) is 4.35. The molecule has 1 atom stereocenters. The lowest BCUT2D eigenvalue weighted by Gasteiger charge is -2.22. The summed E-state index contributed by atoms with van der Waals surface area (Å²) in [4.78, 5) is 4.17. The average Bonchev–Trinajstić information content (AvgIpc) is 2.94. The molecule has 0 amide bonds. The van der Waals surface area contributed by atoms with E-state index in [-0.39, 0.29) is 0 Å². The summed E-state index contributed by atoms with van der Waals surface area (Å²) in [5.74, 6) is 2.42. The topological polar surface area (TPSA) is 64.1 Å². The van der Waals surface area contributed by atoms with Crippen molar-refractivity contribution in [3.8, 4) is 0 Å². The van der Waals surface area contributed by atoms with Crippen LogP contribution in [0.1, 0.15) is 41.9 Å². The van der Waals surface area contributed by atoms with E-state index >= 15 is 0 Å². The Labute approximate surface area is 99.2 Å². The van der Waals surface area contributed by atoms with E-state index in [1.807, 2.05) is 6.07 Å². The highest BCUT2D eigenvalue weighted by molar-refractivity contribution is 5.24. The largest absolute Gasteiger partial charge is 0.469 e. The Morgan fingerprint density at radius 1 is 1.53 bits per heavy atom. The Morgan fingerprint density at radius 3 is 3.29 bits per heavy atom. The number of furan rings is 1. The van der Waals surface area contributed by atoms with Crippen LogP contribution in [0.2, 0.25) is 0 Å². The fourth-order valence-electron chi connectivity index (χ4n) is 2.33. The molecule has 0 saturated carbocycles. The standard InChI is InChI=1S/C12H15N3O2/c1-8-14-12(15-17-8)7-13-10-3-2-4-11-9(10)5-6-16-11/h5-6,10,13H,2-4,7H2,1H3. The van der Waals surface area contributed by atoms with Gasteiger partial charge in [-0.1, -0.05) is 5.16 Å². The van der Waals surface area contributed by atoms with Crippen molar-refractivity contribution < 1.29 is 8.94 Å². The Kier molecular flexibility index (Phi) is 2.68. The molecule has 1 N–H and O–H groups in total. The van der Waals surface area contributed by atoms with E-state index in [0.29, 0.717) is 24.3 Å². The number of hydrogen-bond donors (Lipinski definition) is 1. The maximum atomic E-state index is 5.45. The fraction of sp³-hybridized carbons (Fsp3) is 0.500. The summed E-state index contributed by atoms with van der Waals surface area (Å²) in [5, 5.41) is 7.32. The van der Waals surface area contributed by atoms with Crippen molar-refractivity contribution in [1.29, 1.82) is 0 Å². The lowest BCUT2D eigenvalue weighted by atomic mass is 9.93. The minimum Gasteiger partial charge on any atom is -0.469 e. The van der Waals surface area contributed by atoms with Crippen molar-refractivity contribution in [3.05, 3.63) is 35.4 Å². The van der Waals surface area contributed by atoms with E-state index in [1.54, 1.807) is 13.2 Å². The lowest BCUT2D eigenvalue weighted by Crippen LogP contribution is -2.24. The molecule has 0 aromatic carbocycles. The monoisotopic (exact) mass is 233 g/mol. The van der Waals surface area contributed by atoms with Gasteiger partial charge in [0, 0.05) is 24.9 Å². The van der Waals surface area contributed by atoms with E-state index in [0.717, 1.165) is 25.0 Å². The lowest BCUT2D eigenvalue weighted by molar-refractivity contribution is 0.377. The van der Waals surface area contributed by atoms with E-state index < -0.39 is 0 Å². The molecule has 0 saturated heterocycles. The Balaban J connectivity index is 1.67. The first-order valence-corrected chi connectivity index (χ1v) is 5.92. The molecule has 1 aliphatic carbocycles. The maximum Gasteiger partial charge on any atom is 0.223 e. The van der Waals surface area contributed by atoms with Gasteiger partial charge in [-0.2, -0.15) is 4.98 Å². The summed E-state index contributed by atoms with van der Waals surface area (Å²) in [6.07, 6.45) is 5.10. The average molecular weight is 233 g/mol. The summed E-state index contributed by atoms with van der Waals surface area (Å²) in [6.45, 7) is 2.43. The van der Waals surface area contributed by atoms with E-state index in [9.17, 15) is 0 Å². The smallest absolute Gasteiger partial charge is 0.223 e. The van der Waals surface area contributed by atoms with Crippen molar-refractivity contribution >= 4 is 0 Å². The van der Waals surface area contributed by atoms with Gasteiger partial charge in [-0.25, -0.2) is 0 Å². The molecule has 1 unspecified atom stereocenters. The van der Waals surface area contributed by atoms with Gasteiger partial charge in [0.1, 0.15) is 5.76 Å². The fourth-order valence-corrected chi connectivity index (χ4v) is 2.33. The molecule has 2 heterocycles.